The van der Waals surface area contributed by atoms with Gasteiger partial charge in [0.15, 0.2) is 0 Å². The largest absolute Gasteiger partial charge is 0.184 e. The lowest BCUT2D eigenvalue weighted by Crippen LogP contribution is -2.11. The van der Waals surface area contributed by atoms with Gasteiger partial charge in [-0.05, 0) is 19.1 Å². The first kappa shape index (κ1) is 7.62. The van der Waals surface area contributed by atoms with Crippen LogP contribution in [0, 0.1) is 6.57 Å². The summed E-state index contributed by atoms with van der Waals surface area (Å²) in [5.74, 6) is 0. The fourth-order valence-corrected chi connectivity index (χ4v) is 0.911. The molecule has 0 heterocycles. The van der Waals surface area contributed by atoms with E-state index in [0.29, 0.717) is 0 Å². The van der Waals surface area contributed by atoms with E-state index in [4.69, 9.17) is 6.57 Å². The molecule has 0 fully saturated rings. The maximum Gasteiger partial charge on any atom is 0.113 e. The number of hydrogen-bond donors (Lipinski definition) is 0. The molecule has 0 aliphatic heterocycles. The highest BCUT2D eigenvalue weighted by molar-refractivity contribution is 5.46. The predicted octanol–water partition coefficient (Wildman–Crippen LogP) is 2.35. The standard InChI is InChI=1S/C9H10N2/c1-3-11(10-2)9-7-5-4-6-8-9/h4-8H,3H2,1H3. The van der Waals surface area contributed by atoms with Crippen LogP contribution in [0.4, 0.5) is 5.69 Å². The Morgan fingerprint density at radius 2 is 2.00 bits per heavy atom. The molecule has 0 bridgehead atoms. The first-order valence-corrected chi connectivity index (χ1v) is 3.58. The second-order valence-corrected chi connectivity index (χ2v) is 2.15. The smallest absolute Gasteiger partial charge is 0.113 e. The van der Waals surface area contributed by atoms with Gasteiger partial charge in [0.05, 0.1) is 6.54 Å². The fraction of sp³-hybridized carbons (Fsp3) is 0.222. The SMILES string of the molecule is [C-]#[N+]N(CC)c1ccccc1. The Bertz CT molecular complexity index is 248. The third-order valence-electron chi connectivity index (χ3n) is 1.47. The molecule has 0 spiro atoms. The first-order valence-electron chi connectivity index (χ1n) is 3.58. The van der Waals surface area contributed by atoms with Crippen molar-refractivity contribution in [2.75, 3.05) is 11.6 Å². The Balaban J connectivity index is 2.85. The van der Waals surface area contributed by atoms with Crippen molar-refractivity contribution < 1.29 is 0 Å². The van der Waals surface area contributed by atoms with Crippen LogP contribution in [0.15, 0.2) is 30.3 Å². The van der Waals surface area contributed by atoms with Crippen molar-refractivity contribution in [1.29, 1.82) is 0 Å². The Kier molecular flexibility index (Phi) is 2.51. The predicted molar refractivity (Wildman–Crippen MR) is 46.1 cm³/mol. The van der Waals surface area contributed by atoms with Gasteiger partial charge >= 0.3 is 0 Å². The first-order chi connectivity index (χ1) is 5.38. The van der Waals surface area contributed by atoms with Gasteiger partial charge in [0.25, 0.3) is 0 Å². The lowest BCUT2D eigenvalue weighted by Gasteiger charge is -2.05. The average molecular weight is 146 g/mol. The summed E-state index contributed by atoms with van der Waals surface area (Å²) in [5, 5.41) is 1.62. The van der Waals surface area contributed by atoms with Gasteiger partial charge in [0.2, 0.25) is 0 Å². The average Bonchev–Trinajstić information content (AvgIpc) is 2.09. The van der Waals surface area contributed by atoms with Gasteiger partial charge in [-0.15, -0.1) is 0 Å². The summed E-state index contributed by atoms with van der Waals surface area (Å²) in [6.07, 6.45) is 0. The summed E-state index contributed by atoms with van der Waals surface area (Å²) in [6, 6.07) is 9.68. The number of hydrogen-bond acceptors (Lipinski definition) is 1. The van der Waals surface area contributed by atoms with Crippen molar-refractivity contribution in [3.05, 3.63) is 41.9 Å². The van der Waals surface area contributed by atoms with Gasteiger partial charge < -0.3 is 0 Å². The van der Waals surface area contributed by atoms with Crippen molar-refractivity contribution in [3.63, 3.8) is 0 Å². The van der Waals surface area contributed by atoms with E-state index in [1.807, 2.05) is 37.3 Å². The molecule has 2 nitrogen and oxygen atoms in total. The molecule has 11 heavy (non-hydrogen) atoms. The molecule has 0 atom stereocenters. The second kappa shape index (κ2) is 3.62. The molecule has 1 rings (SSSR count). The van der Waals surface area contributed by atoms with Crippen molar-refractivity contribution in [2.45, 2.75) is 6.92 Å². The Morgan fingerprint density at radius 1 is 1.36 bits per heavy atom. The minimum Gasteiger partial charge on any atom is -0.184 e. The van der Waals surface area contributed by atoms with Crippen LogP contribution < -0.4 is 5.01 Å². The summed E-state index contributed by atoms with van der Waals surface area (Å²) < 4.78 is 0. The van der Waals surface area contributed by atoms with E-state index in [1.165, 1.54) is 0 Å². The molecule has 0 aromatic heterocycles. The minimum atomic E-state index is 0.730. The molecular formula is C9H10N2. The van der Waals surface area contributed by atoms with E-state index in [1.54, 1.807) is 5.01 Å². The van der Waals surface area contributed by atoms with Crippen LogP contribution in [-0.2, 0) is 0 Å². The molecule has 0 saturated carbocycles. The maximum atomic E-state index is 6.85. The number of nitrogens with zero attached hydrogens (tertiary/aromatic N) is 2. The van der Waals surface area contributed by atoms with Gasteiger partial charge in [-0.3, -0.25) is 0 Å². The maximum absolute atomic E-state index is 6.85. The topological polar surface area (TPSA) is 7.60 Å². The van der Waals surface area contributed by atoms with Gasteiger partial charge in [0.1, 0.15) is 5.69 Å². The Labute approximate surface area is 66.9 Å². The summed E-state index contributed by atoms with van der Waals surface area (Å²) in [5.41, 5.74) is 0.963. The molecule has 0 saturated heterocycles. The Morgan fingerprint density at radius 3 is 2.45 bits per heavy atom. The van der Waals surface area contributed by atoms with E-state index in [-0.39, 0.29) is 0 Å². The van der Waals surface area contributed by atoms with E-state index in [9.17, 15) is 0 Å². The van der Waals surface area contributed by atoms with E-state index in [2.05, 4.69) is 4.95 Å². The van der Waals surface area contributed by atoms with Gasteiger partial charge in [-0.25, -0.2) is 0 Å². The molecule has 2 heteroatoms. The molecule has 0 unspecified atom stereocenters. The molecule has 0 radical (unpaired) electrons. The van der Waals surface area contributed by atoms with Crippen LogP contribution in [-0.4, -0.2) is 6.54 Å². The number of anilines is 1. The number of para-hydroxylation sites is 1. The van der Waals surface area contributed by atoms with E-state index in [0.717, 1.165) is 12.2 Å². The minimum absolute atomic E-state index is 0.730. The third kappa shape index (κ3) is 1.71. The molecule has 1 aromatic carbocycles. The molecule has 56 valence electrons. The summed E-state index contributed by atoms with van der Waals surface area (Å²) >= 11 is 0. The zero-order valence-electron chi connectivity index (χ0n) is 6.49. The summed E-state index contributed by atoms with van der Waals surface area (Å²) in [4.78, 5) is 3.36. The molecule has 0 aliphatic rings. The van der Waals surface area contributed by atoms with E-state index < -0.39 is 0 Å². The van der Waals surface area contributed by atoms with Crippen LogP contribution in [0.2, 0.25) is 0 Å². The lowest BCUT2D eigenvalue weighted by molar-refractivity contribution is 1.01. The third-order valence-corrected chi connectivity index (χ3v) is 1.47. The van der Waals surface area contributed by atoms with Crippen LogP contribution in [0.1, 0.15) is 6.92 Å². The van der Waals surface area contributed by atoms with Crippen molar-refractivity contribution in [1.82, 2.24) is 0 Å². The van der Waals surface area contributed by atoms with Gasteiger partial charge in [0, 0.05) is 0 Å². The second-order valence-electron chi connectivity index (χ2n) is 2.15. The number of benzene rings is 1. The quantitative estimate of drug-likeness (QED) is 0.459. The highest BCUT2D eigenvalue weighted by Gasteiger charge is 2.03. The lowest BCUT2D eigenvalue weighted by atomic mass is 10.3. The van der Waals surface area contributed by atoms with Crippen molar-refractivity contribution >= 4 is 5.69 Å². The zero-order valence-corrected chi connectivity index (χ0v) is 6.49. The highest BCUT2D eigenvalue weighted by atomic mass is 15.4. The molecule has 1 aromatic rings. The highest BCUT2D eigenvalue weighted by Crippen LogP contribution is 2.12. The molecule has 0 amide bonds. The molecule has 0 N–H and O–H groups in total. The molecule has 0 aliphatic carbocycles. The fourth-order valence-electron chi connectivity index (χ4n) is 0.911. The molecular weight excluding hydrogens is 136 g/mol. The van der Waals surface area contributed by atoms with Gasteiger partial charge in [-0.1, -0.05) is 23.2 Å². The monoisotopic (exact) mass is 146 g/mol. The zero-order chi connectivity index (χ0) is 8.10. The van der Waals surface area contributed by atoms with Crippen LogP contribution in [0.3, 0.4) is 0 Å². The van der Waals surface area contributed by atoms with Crippen LogP contribution >= 0.6 is 0 Å². The number of rotatable bonds is 2. The summed E-state index contributed by atoms with van der Waals surface area (Å²) in [6.45, 7) is 9.54. The Hall–Kier alpha value is -1.49. The van der Waals surface area contributed by atoms with Crippen molar-refractivity contribution in [2.24, 2.45) is 0 Å². The van der Waals surface area contributed by atoms with Crippen LogP contribution in [0.25, 0.3) is 4.95 Å². The van der Waals surface area contributed by atoms with E-state index >= 15 is 0 Å². The normalized spacial score (nSPS) is 8.73. The summed E-state index contributed by atoms with van der Waals surface area (Å²) in [7, 11) is 0. The van der Waals surface area contributed by atoms with Crippen molar-refractivity contribution in [3.8, 4) is 0 Å². The van der Waals surface area contributed by atoms with Crippen LogP contribution in [0.5, 0.6) is 0 Å². The van der Waals surface area contributed by atoms with Gasteiger partial charge in [-0.2, -0.15) is 11.5 Å².